The molecule has 0 heterocycles. The van der Waals surface area contributed by atoms with Crippen LogP contribution in [0.1, 0.15) is 23.7 Å². The summed E-state index contributed by atoms with van der Waals surface area (Å²) in [6.45, 7) is 1.23. The Balaban J connectivity index is 3.16. The number of nitriles is 1. The molecule has 0 saturated heterocycles. The molecule has 1 rings (SSSR count). The van der Waals surface area contributed by atoms with Crippen LogP contribution in [0.2, 0.25) is 0 Å². The summed E-state index contributed by atoms with van der Waals surface area (Å²) >= 11 is 0. The summed E-state index contributed by atoms with van der Waals surface area (Å²) in [6, 6.07) is 10.0. The molecule has 0 saturated carbocycles. The summed E-state index contributed by atoms with van der Waals surface area (Å²) in [5.74, 6) is -3.91. The van der Waals surface area contributed by atoms with E-state index in [1.807, 2.05) is 6.07 Å². The molecule has 2 unspecified atom stereocenters. The minimum Gasteiger partial charge on any atom is -0.469 e. The standard InChI is InChI=1S/C15H15NO4/c1-10(17)13(12(8-9-16)15(19)20-2)14(18)11-6-4-3-5-7-11/h3-7,12-13H,8H2,1-2H3. The topological polar surface area (TPSA) is 84.2 Å². The van der Waals surface area contributed by atoms with Crippen LogP contribution in [-0.4, -0.2) is 24.6 Å². The molecule has 0 fully saturated rings. The van der Waals surface area contributed by atoms with Crippen LogP contribution >= 0.6 is 0 Å². The molecule has 1 aromatic carbocycles. The molecule has 0 N–H and O–H groups in total. The highest BCUT2D eigenvalue weighted by Gasteiger charge is 2.38. The number of ketones is 2. The maximum Gasteiger partial charge on any atom is 0.310 e. The van der Waals surface area contributed by atoms with Crippen LogP contribution in [0.4, 0.5) is 0 Å². The van der Waals surface area contributed by atoms with E-state index in [0.717, 1.165) is 7.11 Å². The lowest BCUT2D eigenvalue weighted by atomic mass is 9.81. The summed E-state index contributed by atoms with van der Waals surface area (Å²) in [7, 11) is 1.16. The van der Waals surface area contributed by atoms with Crippen LogP contribution < -0.4 is 0 Å². The van der Waals surface area contributed by atoms with Crippen molar-refractivity contribution in [3.63, 3.8) is 0 Å². The highest BCUT2D eigenvalue weighted by molar-refractivity contribution is 6.12. The van der Waals surface area contributed by atoms with Crippen LogP contribution in [0.15, 0.2) is 30.3 Å². The number of rotatable bonds is 6. The number of ether oxygens (including phenoxy) is 1. The summed E-state index contributed by atoms with van der Waals surface area (Å²) in [6.07, 6.45) is -0.241. The number of Topliss-reactive ketones (excluding diaryl/α,β-unsaturated/α-hetero) is 2. The van der Waals surface area contributed by atoms with Gasteiger partial charge < -0.3 is 4.74 Å². The van der Waals surface area contributed by atoms with Gasteiger partial charge in [-0.25, -0.2) is 0 Å². The molecular formula is C15H15NO4. The molecule has 0 bridgehead atoms. The summed E-state index contributed by atoms with van der Waals surface area (Å²) in [5.41, 5.74) is 0.333. The molecule has 0 aliphatic rings. The fourth-order valence-electron chi connectivity index (χ4n) is 2.02. The summed E-state index contributed by atoms with van der Waals surface area (Å²) in [4.78, 5) is 35.8. The van der Waals surface area contributed by atoms with Crippen molar-refractivity contribution in [1.82, 2.24) is 0 Å². The second kappa shape index (κ2) is 7.19. The predicted molar refractivity (Wildman–Crippen MR) is 70.7 cm³/mol. The van der Waals surface area contributed by atoms with E-state index < -0.39 is 29.4 Å². The van der Waals surface area contributed by atoms with E-state index in [-0.39, 0.29) is 6.42 Å². The first-order chi connectivity index (χ1) is 9.52. The van der Waals surface area contributed by atoms with Crippen molar-refractivity contribution < 1.29 is 19.1 Å². The normalized spacial score (nSPS) is 12.8. The smallest absolute Gasteiger partial charge is 0.310 e. The van der Waals surface area contributed by atoms with Crippen molar-refractivity contribution in [2.24, 2.45) is 11.8 Å². The van der Waals surface area contributed by atoms with E-state index in [0.29, 0.717) is 5.56 Å². The third-order valence-corrected chi connectivity index (χ3v) is 3.00. The monoisotopic (exact) mass is 273 g/mol. The van der Waals surface area contributed by atoms with Crippen LogP contribution in [0.25, 0.3) is 0 Å². The molecule has 104 valence electrons. The third-order valence-electron chi connectivity index (χ3n) is 3.00. The number of carbonyl (C=O) groups is 3. The quantitative estimate of drug-likeness (QED) is 0.448. The molecule has 0 aliphatic carbocycles. The van der Waals surface area contributed by atoms with Crippen molar-refractivity contribution in [3.8, 4) is 6.07 Å². The second-order valence-corrected chi connectivity index (χ2v) is 4.31. The van der Waals surface area contributed by atoms with E-state index in [1.54, 1.807) is 30.3 Å². The number of benzene rings is 1. The number of hydrogen-bond acceptors (Lipinski definition) is 5. The Morgan fingerprint density at radius 3 is 2.30 bits per heavy atom. The lowest BCUT2D eigenvalue weighted by Gasteiger charge is -2.19. The fourth-order valence-corrected chi connectivity index (χ4v) is 2.02. The van der Waals surface area contributed by atoms with E-state index in [4.69, 9.17) is 5.26 Å². The molecule has 2 atom stereocenters. The van der Waals surface area contributed by atoms with Gasteiger partial charge in [-0.05, 0) is 6.92 Å². The van der Waals surface area contributed by atoms with Crippen LogP contribution in [0, 0.1) is 23.2 Å². The Bertz CT molecular complexity index is 545. The number of hydrogen-bond donors (Lipinski definition) is 0. The zero-order chi connectivity index (χ0) is 15.1. The van der Waals surface area contributed by atoms with Gasteiger partial charge in [0.25, 0.3) is 0 Å². The lowest BCUT2D eigenvalue weighted by Crippen LogP contribution is -2.35. The van der Waals surface area contributed by atoms with Crippen LogP contribution in [0.3, 0.4) is 0 Å². The molecule has 5 nitrogen and oxygen atoms in total. The van der Waals surface area contributed by atoms with Gasteiger partial charge in [0, 0.05) is 12.0 Å². The Morgan fingerprint density at radius 2 is 1.85 bits per heavy atom. The van der Waals surface area contributed by atoms with Gasteiger partial charge in [-0.3, -0.25) is 14.4 Å². The zero-order valence-electron chi connectivity index (χ0n) is 11.3. The second-order valence-electron chi connectivity index (χ2n) is 4.31. The lowest BCUT2D eigenvalue weighted by molar-refractivity contribution is -0.148. The van der Waals surface area contributed by atoms with Gasteiger partial charge in [-0.15, -0.1) is 0 Å². The molecule has 0 spiro atoms. The summed E-state index contributed by atoms with van der Waals surface area (Å²) in [5, 5.41) is 8.78. The zero-order valence-corrected chi connectivity index (χ0v) is 11.3. The van der Waals surface area contributed by atoms with Crippen molar-refractivity contribution >= 4 is 17.5 Å². The number of carbonyl (C=O) groups excluding carboxylic acids is 3. The number of esters is 1. The van der Waals surface area contributed by atoms with E-state index in [2.05, 4.69) is 4.74 Å². The van der Waals surface area contributed by atoms with Gasteiger partial charge in [0.05, 0.1) is 25.0 Å². The molecule has 0 aliphatic heterocycles. The Morgan fingerprint density at radius 1 is 1.25 bits per heavy atom. The van der Waals surface area contributed by atoms with Gasteiger partial charge in [-0.2, -0.15) is 5.26 Å². The number of nitrogens with zero attached hydrogens (tertiary/aromatic N) is 1. The number of methoxy groups -OCH3 is 1. The fraction of sp³-hybridized carbons (Fsp3) is 0.333. The maximum atomic E-state index is 12.4. The average molecular weight is 273 g/mol. The molecule has 20 heavy (non-hydrogen) atoms. The van der Waals surface area contributed by atoms with Crippen molar-refractivity contribution in [3.05, 3.63) is 35.9 Å². The predicted octanol–water partition coefficient (Wildman–Crippen LogP) is 1.78. The molecule has 1 aromatic rings. The Labute approximate surface area is 117 Å². The third kappa shape index (κ3) is 3.51. The van der Waals surface area contributed by atoms with Gasteiger partial charge in [0.1, 0.15) is 5.78 Å². The summed E-state index contributed by atoms with van der Waals surface area (Å²) < 4.78 is 4.59. The van der Waals surface area contributed by atoms with Crippen molar-refractivity contribution in [2.75, 3.05) is 7.11 Å². The highest BCUT2D eigenvalue weighted by atomic mass is 16.5. The average Bonchev–Trinajstić information content (AvgIpc) is 2.46. The van der Waals surface area contributed by atoms with Crippen molar-refractivity contribution in [1.29, 1.82) is 5.26 Å². The van der Waals surface area contributed by atoms with Gasteiger partial charge >= 0.3 is 5.97 Å². The van der Waals surface area contributed by atoms with Crippen LogP contribution in [0.5, 0.6) is 0 Å². The van der Waals surface area contributed by atoms with Crippen LogP contribution in [-0.2, 0) is 14.3 Å². The van der Waals surface area contributed by atoms with Crippen molar-refractivity contribution in [2.45, 2.75) is 13.3 Å². The molecule has 0 amide bonds. The largest absolute Gasteiger partial charge is 0.469 e. The first kappa shape index (κ1) is 15.6. The maximum absolute atomic E-state index is 12.4. The molecule has 5 heteroatoms. The first-order valence-corrected chi connectivity index (χ1v) is 6.07. The van der Waals surface area contributed by atoms with Gasteiger partial charge in [0.2, 0.25) is 0 Å². The first-order valence-electron chi connectivity index (χ1n) is 6.07. The SMILES string of the molecule is COC(=O)C(CC#N)C(C(C)=O)C(=O)c1ccccc1. The van der Waals surface area contributed by atoms with Gasteiger partial charge in [0.15, 0.2) is 5.78 Å². The minimum absolute atomic E-state index is 0.241. The van der Waals surface area contributed by atoms with Gasteiger partial charge in [-0.1, -0.05) is 30.3 Å². The highest BCUT2D eigenvalue weighted by Crippen LogP contribution is 2.23. The van der Waals surface area contributed by atoms with E-state index in [9.17, 15) is 14.4 Å². The Hall–Kier alpha value is -2.48. The molecule has 0 radical (unpaired) electrons. The van der Waals surface area contributed by atoms with E-state index in [1.165, 1.54) is 6.92 Å². The van der Waals surface area contributed by atoms with E-state index >= 15 is 0 Å². The minimum atomic E-state index is -1.19. The molecule has 0 aromatic heterocycles. The molecular weight excluding hydrogens is 258 g/mol. The Kier molecular flexibility index (Phi) is 5.60.